The summed E-state index contributed by atoms with van der Waals surface area (Å²) in [4.78, 5) is 15.7. The van der Waals surface area contributed by atoms with Crippen LogP contribution in [0.2, 0.25) is 0 Å². The van der Waals surface area contributed by atoms with E-state index < -0.39 is 40.5 Å². The number of pyridine rings is 1. The molecule has 0 spiro atoms. The molecule has 1 amide bonds. The van der Waals surface area contributed by atoms with Gasteiger partial charge < -0.3 is 10.1 Å². The first-order chi connectivity index (χ1) is 11.4. The van der Waals surface area contributed by atoms with Gasteiger partial charge in [0.1, 0.15) is 5.56 Å². The quantitative estimate of drug-likeness (QED) is 0.501. The summed E-state index contributed by atoms with van der Waals surface area (Å²) in [6.45, 7) is 0. The molecule has 0 unspecified atom stereocenters. The van der Waals surface area contributed by atoms with Crippen molar-refractivity contribution in [3.05, 3.63) is 53.4 Å². The smallest absolute Gasteiger partial charge is 0.263 e. The van der Waals surface area contributed by atoms with E-state index in [-0.39, 0.29) is 5.11 Å². The van der Waals surface area contributed by atoms with E-state index in [9.17, 15) is 22.4 Å². The lowest BCUT2D eigenvalue weighted by atomic mass is 10.1. The zero-order chi connectivity index (χ0) is 17.9. The fourth-order valence-electron chi connectivity index (χ4n) is 1.75. The highest BCUT2D eigenvalue weighted by Gasteiger charge is 2.30. The van der Waals surface area contributed by atoms with E-state index in [0.717, 1.165) is 7.11 Å². The normalized spacial score (nSPS) is 10.2. The van der Waals surface area contributed by atoms with E-state index >= 15 is 0 Å². The Balaban J connectivity index is 2.26. The molecule has 0 atom stereocenters. The number of methoxy groups -OCH3 is 1. The summed E-state index contributed by atoms with van der Waals surface area (Å²) in [5.74, 6) is -10.2. The van der Waals surface area contributed by atoms with E-state index in [1.165, 1.54) is 12.4 Å². The van der Waals surface area contributed by atoms with Crippen LogP contribution < -0.4 is 15.4 Å². The number of hydrogen-bond donors (Lipinski definition) is 2. The third kappa shape index (κ3) is 3.43. The molecule has 1 aromatic carbocycles. The van der Waals surface area contributed by atoms with Crippen molar-refractivity contribution in [1.82, 2.24) is 10.3 Å². The third-order valence-electron chi connectivity index (χ3n) is 2.80. The van der Waals surface area contributed by atoms with Gasteiger partial charge in [0.15, 0.2) is 22.5 Å². The predicted octanol–water partition coefficient (Wildman–Crippen LogP) is 2.77. The number of carbonyl (C=O) groups excluding carboxylic acids is 1. The van der Waals surface area contributed by atoms with Gasteiger partial charge in [0.25, 0.3) is 5.91 Å². The Labute approximate surface area is 138 Å². The van der Waals surface area contributed by atoms with Crippen LogP contribution in [-0.2, 0) is 0 Å². The van der Waals surface area contributed by atoms with Crippen molar-refractivity contribution in [2.24, 2.45) is 0 Å². The van der Waals surface area contributed by atoms with Crippen molar-refractivity contribution in [2.75, 3.05) is 12.4 Å². The molecular formula is C14H9F4N3O2S. The van der Waals surface area contributed by atoms with Crippen molar-refractivity contribution in [1.29, 1.82) is 0 Å². The molecule has 24 heavy (non-hydrogen) atoms. The van der Waals surface area contributed by atoms with Gasteiger partial charge in [0.2, 0.25) is 11.6 Å². The van der Waals surface area contributed by atoms with Crippen molar-refractivity contribution in [3.8, 4) is 5.75 Å². The molecule has 1 heterocycles. The van der Waals surface area contributed by atoms with E-state index in [2.05, 4.69) is 15.0 Å². The van der Waals surface area contributed by atoms with Crippen molar-refractivity contribution in [3.63, 3.8) is 0 Å². The van der Waals surface area contributed by atoms with Gasteiger partial charge in [-0.15, -0.1) is 0 Å². The maximum Gasteiger partial charge on any atom is 0.263 e. The lowest BCUT2D eigenvalue weighted by Gasteiger charge is -2.12. The number of carbonyl (C=O) groups is 1. The van der Waals surface area contributed by atoms with E-state index in [1.54, 1.807) is 12.1 Å². The van der Waals surface area contributed by atoms with Crippen LogP contribution in [0.1, 0.15) is 10.4 Å². The molecule has 0 saturated heterocycles. The summed E-state index contributed by atoms with van der Waals surface area (Å²) >= 11 is 4.79. The number of hydrogen-bond acceptors (Lipinski definition) is 4. The minimum atomic E-state index is -1.90. The van der Waals surface area contributed by atoms with Gasteiger partial charge in [-0.1, -0.05) is 0 Å². The first-order valence-electron chi connectivity index (χ1n) is 6.29. The van der Waals surface area contributed by atoms with Crippen LogP contribution >= 0.6 is 12.2 Å². The maximum atomic E-state index is 13.8. The number of aromatic nitrogens is 1. The van der Waals surface area contributed by atoms with Crippen molar-refractivity contribution < 1.29 is 27.1 Å². The molecule has 2 N–H and O–H groups in total. The molecule has 10 heteroatoms. The molecular weight excluding hydrogens is 350 g/mol. The van der Waals surface area contributed by atoms with Crippen LogP contribution in [0.15, 0.2) is 24.5 Å². The van der Waals surface area contributed by atoms with E-state index in [0.29, 0.717) is 5.69 Å². The zero-order valence-electron chi connectivity index (χ0n) is 12.0. The summed E-state index contributed by atoms with van der Waals surface area (Å²) < 4.78 is 59.1. The summed E-state index contributed by atoms with van der Waals surface area (Å²) in [6, 6.07) is 3.12. The molecule has 2 rings (SSSR count). The van der Waals surface area contributed by atoms with Crippen LogP contribution in [0.5, 0.6) is 5.75 Å². The van der Waals surface area contributed by atoms with Crippen LogP contribution in [0.4, 0.5) is 23.2 Å². The largest absolute Gasteiger partial charge is 0.491 e. The Bertz CT molecular complexity index is 773. The Kier molecular flexibility index (Phi) is 5.29. The van der Waals surface area contributed by atoms with Crippen LogP contribution in [0.25, 0.3) is 0 Å². The molecule has 2 aromatic rings. The third-order valence-corrected chi connectivity index (χ3v) is 3.00. The average molecular weight is 359 g/mol. The Morgan fingerprint density at radius 2 is 1.79 bits per heavy atom. The molecule has 0 aliphatic heterocycles. The molecule has 0 aliphatic carbocycles. The second-order valence-corrected chi connectivity index (χ2v) is 4.72. The predicted molar refractivity (Wildman–Crippen MR) is 80.7 cm³/mol. The van der Waals surface area contributed by atoms with E-state index in [4.69, 9.17) is 12.2 Å². The molecule has 0 fully saturated rings. The van der Waals surface area contributed by atoms with Gasteiger partial charge in [-0.2, -0.15) is 8.78 Å². The topological polar surface area (TPSA) is 63.2 Å². The first kappa shape index (κ1) is 17.6. The van der Waals surface area contributed by atoms with Crippen LogP contribution in [0, 0.1) is 23.3 Å². The molecule has 0 bridgehead atoms. The molecule has 1 aromatic heterocycles. The number of benzene rings is 1. The Morgan fingerprint density at radius 1 is 1.17 bits per heavy atom. The second kappa shape index (κ2) is 7.21. The molecule has 5 nitrogen and oxygen atoms in total. The van der Waals surface area contributed by atoms with Crippen molar-refractivity contribution >= 4 is 28.9 Å². The van der Waals surface area contributed by atoms with E-state index in [1.807, 2.05) is 5.32 Å². The number of ether oxygens (including phenoxy) is 1. The summed E-state index contributed by atoms with van der Waals surface area (Å²) in [6.07, 6.45) is 2.85. The van der Waals surface area contributed by atoms with Gasteiger partial charge in [-0.25, -0.2) is 8.78 Å². The fraction of sp³-hybridized carbons (Fsp3) is 0.0714. The number of anilines is 1. The molecule has 126 valence electrons. The Hall–Kier alpha value is -2.75. The number of rotatable bonds is 3. The van der Waals surface area contributed by atoms with Crippen molar-refractivity contribution in [2.45, 2.75) is 0 Å². The minimum Gasteiger partial charge on any atom is -0.491 e. The monoisotopic (exact) mass is 359 g/mol. The standard InChI is InChI=1S/C14H9F4N3O2S/c1-23-12-10(17)8(15)7(9(16)11(12)18)13(22)21-14(24)20-6-3-2-4-19-5-6/h2-5H,1H3,(H2,20,21,22,24). The average Bonchev–Trinajstić information content (AvgIpc) is 2.54. The maximum absolute atomic E-state index is 13.8. The van der Waals surface area contributed by atoms with Gasteiger partial charge >= 0.3 is 0 Å². The number of nitrogens with zero attached hydrogens (tertiary/aromatic N) is 1. The molecule has 0 radical (unpaired) electrons. The SMILES string of the molecule is COc1c(F)c(F)c(C(=O)NC(=S)Nc2cccnc2)c(F)c1F. The lowest BCUT2D eigenvalue weighted by Crippen LogP contribution is -2.35. The van der Waals surface area contributed by atoms with Crippen LogP contribution in [0.3, 0.4) is 0 Å². The number of amides is 1. The number of halogens is 4. The fourth-order valence-corrected chi connectivity index (χ4v) is 1.97. The van der Waals surface area contributed by atoms with Gasteiger partial charge in [-0.05, 0) is 24.4 Å². The zero-order valence-corrected chi connectivity index (χ0v) is 12.8. The summed E-state index contributed by atoms with van der Waals surface area (Å²) in [7, 11) is 0.826. The Morgan fingerprint density at radius 3 is 2.29 bits per heavy atom. The van der Waals surface area contributed by atoms with Gasteiger partial charge in [0, 0.05) is 6.20 Å². The lowest BCUT2D eigenvalue weighted by molar-refractivity contribution is 0.0966. The molecule has 0 aliphatic rings. The molecule has 0 saturated carbocycles. The number of nitrogens with one attached hydrogen (secondary N) is 2. The summed E-state index contributed by atoms with van der Waals surface area (Å²) in [5, 5.41) is 4.09. The minimum absolute atomic E-state index is 0.344. The van der Waals surface area contributed by atoms with Gasteiger partial charge in [-0.3, -0.25) is 15.1 Å². The number of thiocarbonyl (C=S) groups is 1. The summed E-state index contributed by atoms with van der Waals surface area (Å²) in [5.41, 5.74) is -1.07. The van der Waals surface area contributed by atoms with Gasteiger partial charge in [0.05, 0.1) is 19.0 Å². The van der Waals surface area contributed by atoms with Crippen LogP contribution in [-0.4, -0.2) is 23.1 Å². The highest BCUT2D eigenvalue weighted by atomic mass is 32.1. The highest BCUT2D eigenvalue weighted by molar-refractivity contribution is 7.80. The second-order valence-electron chi connectivity index (χ2n) is 4.31. The first-order valence-corrected chi connectivity index (χ1v) is 6.70. The highest BCUT2D eigenvalue weighted by Crippen LogP contribution is 2.29.